The molecule has 6 nitrogen and oxygen atoms in total. The van der Waals surface area contributed by atoms with E-state index in [0.29, 0.717) is 19.6 Å². The molecule has 2 unspecified atom stereocenters. The lowest BCUT2D eigenvalue weighted by Gasteiger charge is -2.36. The quantitative estimate of drug-likeness (QED) is 0.166. The monoisotopic (exact) mass is 579 g/mol. The van der Waals surface area contributed by atoms with E-state index in [4.69, 9.17) is 14.3 Å². The summed E-state index contributed by atoms with van der Waals surface area (Å²) in [5, 5.41) is 12.4. The first-order valence-corrected chi connectivity index (χ1v) is 15.0. The van der Waals surface area contributed by atoms with Crippen molar-refractivity contribution in [3.8, 4) is 0 Å². The zero-order valence-electron chi connectivity index (χ0n) is 25.2. The van der Waals surface area contributed by atoms with Gasteiger partial charge in [-0.3, -0.25) is 0 Å². The van der Waals surface area contributed by atoms with Crippen LogP contribution in [0.15, 0.2) is 115 Å². The molecule has 0 saturated carbocycles. The van der Waals surface area contributed by atoms with E-state index in [-0.39, 0.29) is 12.5 Å². The highest BCUT2D eigenvalue weighted by atomic mass is 16.8. The molecule has 1 heterocycles. The third-order valence-corrected chi connectivity index (χ3v) is 7.80. The number of carbonyl (C=O) groups is 1. The number of benzene rings is 4. The second kappa shape index (κ2) is 13.6. The van der Waals surface area contributed by atoms with Crippen molar-refractivity contribution in [3.05, 3.63) is 143 Å². The van der Waals surface area contributed by atoms with Crippen molar-refractivity contribution in [1.29, 1.82) is 0 Å². The number of hydrogen-bond donors (Lipinski definition) is 1. The number of nitrogens with zero attached hydrogens (tertiary/aromatic N) is 1. The number of carbonyl (C=O) groups excluding carboxylic acids is 1. The molecule has 4 aromatic rings. The molecular weight excluding hydrogens is 538 g/mol. The molecule has 0 aliphatic carbocycles. The maximum atomic E-state index is 12.0. The van der Waals surface area contributed by atoms with Crippen LogP contribution in [0.2, 0.25) is 0 Å². The van der Waals surface area contributed by atoms with Gasteiger partial charge in [0.15, 0.2) is 0 Å². The van der Waals surface area contributed by atoms with Crippen LogP contribution in [0.3, 0.4) is 0 Å². The first-order chi connectivity index (χ1) is 20.7. The van der Waals surface area contributed by atoms with E-state index in [0.717, 1.165) is 34.2 Å². The molecule has 0 aromatic heterocycles. The summed E-state index contributed by atoms with van der Waals surface area (Å²) in [4.78, 5) is 17.3. The van der Waals surface area contributed by atoms with Crippen molar-refractivity contribution < 1.29 is 24.2 Å². The van der Waals surface area contributed by atoms with Crippen molar-refractivity contribution >= 4 is 6.16 Å². The van der Waals surface area contributed by atoms with E-state index in [1.807, 2.05) is 18.2 Å². The van der Waals surface area contributed by atoms with Gasteiger partial charge < -0.3 is 19.4 Å². The molecule has 0 bridgehead atoms. The molecule has 1 saturated heterocycles. The Morgan fingerprint density at radius 3 is 1.77 bits per heavy atom. The van der Waals surface area contributed by atoms with Gasteiger partial charge in [-0.2, -0.15) is 0 Å². The van der Waals surface area contributed by atoms with Gasteiger partial charge in [0.2, 0.25) is 0 Å². The van der Waals surface area contributed by atoms with Gasteiger partial charge in [0.1, 0.15) is 11.2 Å². The molecule has 5 rings (SSSR count). The number of aliphatic hydroxyl groups is 1. The number of rotatable bonds is 9. The molecular formula is C37H41NO5. The lowest BCUT2D eigenvalue weighted by Crippen LogP contribution is -2.44. The second-order valence-corrected chi connectivity index (χ2v) is 12.0. The van der Waals surface area contributed by atoms with Crippen LogP contribution in [-0.4, -0.2) is 47.7 Å². The number of β-amino-alcohol motifs (C(OH)–C–C–N with tert-alkyl or cyclic N) is 1. The Hall–Kier alpha value is -3.97. The van der Waals surface area contributed by atoms with Gasteiger partial charge in [0.25, 0.3) is 0 Å². The Kier molecular flexibility index (Phi) is 9.61. The minimum Gasteiger partial charge on any atom is -0.427 e. The van der Waals surface area contributed by atoms with Gasteiger partial charge in [-0.25, -0.2) is 4.79 Å². The van der Waals surface area contributed by atoms with Crippen LogP contribution in [0.1, 0.15) is 60.9 Å². The number of piperidine rings is 1. The fourth-order valence-electron chi connectivity index (χ4n) is 5.77. The summed E-state index contributed by atoms with van der Waals surface area (Å²) in [5.74, 6) is -0.0364. The summed E-state index contributed by atoms with van der Waals surface area (Å²) in [6.45, 7) is 6.64. The predicted molar refractivity (Wildman–Crippen MR) is 168 cm³/mol. The zero-order valence-corrected chi connectivity index (χ0v) is 25.2. The maximum Gasteiger partial charge on any atom is 0.528 e. The number of hydrogen-bond acceptors (Lipinski definition) is 6. The SMILES string of the molecule is CC(C)(C)OC(=O)ON1CCC(c2ccc(CCOC(c3ccccc3)(c3ccccc3)c3ccccc3)cc2)C(O)C1. The van der Waals surface area contributed by atoms with Gasteiger partial charge in [-0.15, -0.1) is 5.06 Å². The third kappa shape index (κ3) is 7.52. The van der Waals surface area contributed by atoms with E-state index >= 15 is 0 Å². The normalized spacial score (nSPS) is 17.8. The number of hydroxylamine groups is 2. The molecule has 2 atom stereocenters. The molecule has 0 amide bonds. The number of aliphatic hydroxyl groups excluding tert-OH is 1. The van der Waals surface area contributed by atoms with Gasteiger partial charge in [0.05, 0.1) is 19.3 Å². The summed E-state index contributed by atoms with van der Waals surface area (Å²) < 4.78 is 12.2. The van der Waals surface area contributed by atoms with E-state index in [9.17, 15) is 9.90 Å². The predicted octanol–water partition coefficient (Wildman–Crippen LogP) is 7.25. The Labute approximate surface area is 254 Å². The van der Waals surface area contributed by atoms with Crippen LogP contribution < -0.4 is 0 Å². The molecule has 1 aliphatic heterocycles. The smallest absolute Gasteiger partial charge is 0.427 e. The van der Waals surface area contributed by atoms with E-state index < -0.39 is 23.5 Å². The van der Waals surface area contributed by atoms with E-state index in [2.05, 4.69) is 97.1 Å². The van der Waals surface area contributed by atoms with Crippen molar-refractivity contribution in [2.75, 3.05) is 19.7 Å². The molecule has 1 N–H and O–H groups in total. The zero-order chi connectivity index (χ0) is 30.3. The molecule has 1 fully saturated rings. The lowest BCUT2D eigenvalue weighted by molar-refractivity contribution is -0.170. The minimum absolute atomic E-state index is 0.0364. The first-order valence-electron chi connectivity index (χ1n) is 15.0. The Balaban J connectivity index is 1.26. The molecule has 6 heteroatoms. The van der Waals surface area contributed by atoms with Crippen molar-refractivity contribution in [1.82, 2.24) is 5.06 Å². The van der Waals surface area contributed by atoms with Crippen molar-refractivity contribution in [2.45, 2.75) is 56.8 Å². The van der Waals surface area contributed by atoms with Crippen LogP contribution in [-0.2, 0) is 26.3 Å². The Morgan fingerprint density at radius 1 is 0.791 bits per heavy atom. The summed E-state index contributed by atoms with van der Waals surface area (Å²) in [6, 6.07) is 39.6. The third-order valence-electron chi connectivity index (χ3n) is 7.80. The topological polar surface area (TPSA) is 68.2 Å². The minimum atomic E-state index is -0.750. The second-order valence-electron chi connectivity index (χ2n) is 12.0. The number of ether oxygens (including phenoxy) is 2. The van der Waals surface area contributed by atoms with E-state index in [1.165, 1.54) is 5.06 Å². The summed E-state index contributed by atoms with van der Waals surface area (Å²) in [7, 11) is 0. The lowest BCUT2D eigenvalue weighted by atomic mass is 9.80. The standard InChI is InChI=1S/C37H41NO5/c1-36(2,3)42-35(40)43-38-25-23-33(34(39)27-38)29-21-19-28(20-22-29)24-26-41-37(30-13-7-4-8-14-30,31-15-9-5-10-16-31)32-17-11-6-12-18-32/h4-22,33-34,39H,23-27H2,1-3H3. The highest BCUT2D eigenvalue weighted by molar-refractivity contribution is 5.60. The molecule has 1 aliphatic rings. The van der Waals surface area contributed by atoms with Gasteiger partial charge >= 0.3 is 6.16 Å². The highest BCUT2D eigenvalue weighted by Gasteiger charge is 2.37. The average Bonchev–Trinajstić information content (AvgIpc) is 3.00. The van der Waals surface area contributed by atoms with Gasteiger partial charge in [-0.1, -0.05) is 115 Å². The van der Waals surface area contributed by atoms with Gasteiger partial charge in [-0.05, 0) is 61.4 Å². The van der Waals surface area contributed by atoms with Crippen LogP contribution in [0, 0.1) is 0 Å². The van der Waals surface area contributed by atoms with Crippen molar-refractivity contribution in [3.63, 3.8) is 0 Å². The summed E-state index contributed by atoms with van der Waals surface area (Å²) in [5.41, 5.74) is 4.10. The average molecular weight is 580 g/mol. The molecule has 0 radical (unpaired) electrons. The molecule has 43 heavy (non-hydrogen) atoms. The summed E-state index contributed by atoms with van der Waals surface area (Å²) >= 11 is 0. The molecule has 4 aromatic carbocycles. The Morgan fingerprint density at radius 2 is 1.30 bits per heavy atom. The highest BCUT2D eigenvalue weighted by Crippen LogP contribution is 2.40. The Bertz CT molecular complexity index is 1340. The van der Waals surface area contributed by atoms with Crippen molar-refractivity contribution in [2.24, 2.45) is 0 Å². The van der Waals surface area contributed by atoms with Crippen LogP contribution in [0.5, 0.6) is 0 Å². The van der Waals surface area contributed by atoms with Crippen LogP contribution in [0.4, 0.5) is 4.79 Å². The first kappa shape index (κ1) is 30.5. The maximum absolute atomic E-state index is 12.0. The van der Waals surface area contributed by atoms with Crippen LogP contribution in [0.25, 0.3) is 0 Å². The van der Waals surface area contributed by atoms with E-state index in [1.54, 1.807) is 20.8 Å². The summed E-state index contributed by atoms with van der Waals surface area (Å²) in [6.07, 6.45) is -0.00600. The largest absolute Gasteiger partial charge is 0.528 e. The van der Waals surface area contributed by atoms with Gasteiger partial charge in [0, 0.05) is 12.5 Å². The molecule has 224 valence electrons. The fraction of sp³-hybridized carbons (Fsp3) is 0.324. The molecule has 0 spiro atoms. The fourth-order valence-corrected chi connectivity index (χ4v) is 5.77. The van der Waals surface area contributed by atoms with Crippen LogP contribution >= 0.6 is 0 Å².